The second kappa shape index (κ2) is 9.32. The van der Waals surface area contributed by atoms with E-state index in [2.05, 4.69) is 66.1 Å². The first-order valence-corrected chi connectivity index (χ1v) is 9.42. The Labute approximate surface area is 148 Å². The van der Waals surface area contributed by atoms with Gasteiger partial charge in [-0.15, -0.1) is 22.0 Å². The molecule has 24 heavy (non-hydrogen) atoms. The first-order chi connectivity index (χ1) is 11.7. The van der Waals surface area contributed by atoms with Crippen molar-refractivity contribution in [2.24, 2.45) is 4.99 Å². The molecule has 0 fully saturated rings. The molecule has 0 amide bonds. The van der Waals surface area contributed by atoms with Crippen molar-refractivity contribution in [3.63, 3.8) is 0 Å². The summed E-state index contributed by atoms with van der Waals surface area (Å²) in [6.07, 6.45) is 3.85. The zero-order valence-electron chi connectivity index (χ0n) is 14.8. The number of nitrogens with one attached hydrogen (secondary N) is 2. The van der Waals surface area contributed by atoms with Crippen LogP contribution in [0.15, 0.2) is 34.4 Å². The summed E-state index contributed by atoms with van der Waals surface area (Å²) >= 11 is 1.76. The van der Waals surface area contributed by atoms with E-state index in [1.165, 1.54) is 16.0 Å². The van der Waals surface area contributed by atoms with E-state index in [0.29, 0.717) is 13.1 Å². The Kier molecular flexibility index (Phi) is 7.11. The number of hydrogen-bond donors (Lipinski definition) is 2. The van der Waals surface area contributed by atoms with Crippen LogP contribution in [0.1, 0.15) is 30.8 Å². The Morgan fingerprint density at radius 3 is 2.83 bits per heavy atom. The largest absolute Gasteiger partial charge is 0.357 e. The normalized spacial score (nSPS) is 11.6. The van der Waals surface area contributed by atoms with Crippen LogP contribution < -0.4 is 10.6 Å². The number of aliphatic imine (C=N–C) groups is 1. The minimum atomic E-state index is 0.600. The highest BCUT2D eigenvalue weighted by atomic mass is 32.2. The summed E-state index contributed by atoms with van der Waals surface area (Å²) in [5.41, 5.74) is 2.51. The zero-order chi connectivity index (χ0) is 17.4. The second-order valence-electron chi connectivity index (χ2n) is 5.40. The molecule has 0 saturated carbocycles. The fraction of sp³-hybridized carbons (Fsp3) is 0.471. The molecule has 1 aromatic heterocycles. The molecule has 7 heteroatoms. The van der Waals surface area contributed by atoms with Gasteiger partial charge < -0.3 is 15.2 Å². The van der Waals surface area contributed by atoms with Gasteiger partial charge in [0.15, 0.2) is 11.8 Å². The van der Waals surface area contributed by atoms with E-state index >= 15 is 0 Å². The highest BCUT2D eigenvalue weighted by molar-refractivity contribution is 7.98. The molecule has 0 unspecified atom stereocenters. The average Bonchev–Trinajstić information content (AvgIpc) is 3.05. The van der Waals surface area contributed by atoms with Crippen molar-refractivity contribution in [3.8, 4) is 0 Å². The summed E-state index contributed by atoms with van der Waals surface area (Å²) in [6, 6.07) is 6.50. The van der Waals surface area contributed by atoms with Gasteiger partial charge in [-0.1, -0.05) is 12.1 Å². The van der Waals surface area contributed by atoms with E-state index in [-0.39, 0.29) is 0 Å². The number of guanidine groups is 1. The maximum Gasteiger partial charge on any atom is 0.191 e. The van der Waals surface area contributed by atoms with E-state index in [1.807, 2.05) is 4.57 Å². The van der Waals surface area contributed by atoms with Crippen LogP contribution >= 0.6 is 11.8 Å². The van der Waals surface area contributed by atoms with Crippen LogP contribution in [0.2, 0.25) is 0 Å². The van der Waals surface area contributed by atoms with Crippen LogP contribution in [-0.2, 0) is 19.6 Å². The minimum absolute atomic E-state index is 0.600. The molecule has 0 aliphatic carbocycles. The summed E-state index contributed by atoms with van der Waals surface area (Å²) in [5, 5.41) is 14.7. The summed E-state index contributed by atoms with van der Waals surface area (Å²) in [7, 11) is 0. The predicted molar refractivity (Wildman–Crippen MR) is 100 cm³/mol. The van der Waals surface area contributed by atoms with Gasteiger partial charge in [0.25, 0.3) is 0 Å². The number of aromatic nitrogens is 3. The zero-order valence-corrected chi connectivity index (χ0v) is 15.7. The molecule has 0 saturated heterocycles. The number of rotatable bonds is 7. The molecule has 0 aliphatic rings. The molecule has 130 valence electrons. The third kappa shape index (κ3) is 4.99. The standard InChI is InChI=1S/C17H26N6S/c1-5-18-17(20-11-16-22-21-12-23(16)6-2)19-10-14-8-7-13(3)9-15(14)24-4/h7-9,12H,5-6,10-11H2,1-4H3,(H2,18,19,20). The molecule has 0 spiro atoms. The molecular formula is C17H26N6S. The van der Waals surface area contributed by atoms with E-state index in [0.717, 1.165) is 24.9 Å². The van der Waals surface area contributed by atoms with Crippen molar-refractivity contribution < 1.29 is 0 Å². The van der Waals surface area contributed by atoms with Crippen molar-refractivity contribution in [3.05, 3.63) is 41.5 Å². The van der Waals surface area contributed by atoms with E-state index in [9.17, 15) is 0 Å². The van der Waals surface area contributed by atoms with Crippen molar-refractivity contribution in [2.45, 2.75) is 45.3 Å². The predicted octanol–water partition coefficient (Wildman–Crippen LogP) is 2.58. The topological polar surface area (TPSA) is 67.1 Å². The first kappa shape index (κ1) is 18.3. The van der Waals surface area contributed by atoms with E-state index in [4.69, 9.17) is 4.99 Å². The van der Waals surface area contributed by atoms with Gasteiger partial charge in [0.1, 0.15) is 6.33 Å². The van der Waals surface area contributed by atoms with Crippen molar-refractivity contribution in [2.75, 3.05) is 12.8 Å². The number of benzene rings is 1. The summed E-state index contributed by atoms with van der Waals surface area (Å²) in [5.74, 6) is 1.69. The number of nitrogens with zero attached hydrogens (tertiary/aromatic N) is 4. The highest BCUT2D eigenvalue weighted by Gasteiger charge is 2.05. The Hall–Kier alpha value is -2.02. The second-order valence-corrected chi connectivity index (χ2v) is 6.25. The van der Waals surface area contributed by atoms with Gasteiger partial charge in [-0.3, -0.25) is 0 Å². The van der Waals surface area contributed by atoms with E-state index in [1.54, 1.807) is 18.1 Å². The maximum absolute atomic E-state index is 4.70. The fourth-order valence-electron chi connectivity index (χ4n) is 2.33. The fourth-order valence-corrected chi connectivity index (χ4v) is 3.03. The lowest BCUT2D eigenvalue weighted by Crippen LogP contribution is -2.37. The van der Waals surface area contributed by atoms with Crippen LogP contribution in [0.25, 0.3) is 0 Å². The molecule has 6 nitrogen and oxygen atoms in total. The van der Waals surface area contributed by atoms with Crippen LogP contribution in [0.3, 0.4) is 0 Å². The Morgan fingerprint density at radius 1 is 1.29 bits per heavy atom. The molecule has 1 heterocycles. The van der Waals surface area contributed by atoms with Gasteiger partial charge in [-0.25, -0.2) is 4.99 Å². The third-order valence-corrected chi connectivity index (χ3v) is 4.46. The summed E-state index contributed by atoms with van der Waals surface area (Å²) < 4.78 is 2.02. The molecule has 2 aromatic rings. The van der Waals surface area contributed by atoms with Gasteiger partial charge in [-0.2, -0.15) is 0 Å². The maximum atomic E-state index is 4.70. The number of hydrogen-bond acceptors (Lipinski definition) is 4. The lowest BCUT2D eigenvalue weighted by molar-refractivity contribution is 0.670. The highest BCUT2D eigenvalue weighted by Crippen LogP contribution is 2.22. The van der Waals surface area contributed by atoms with Gasteiger partial charge in [0, 0.05) is 18.0 Å². The third-order valence-electron chi connectivity index (χ3n) is 3.64. The molecule has 1 aromatic carbocycles. The summed E-state index contributed by atoms with van der Waals surface area (Å²) in [4.78, 5) is 5.98. The molecule has 2 rings (SSSR count). The van der Waals surface area contributed by atoms with Gasteiger partial charge in [-0.05, 0) is 44.2 Å². The SMILES string of the molecule is CCNC(=NCc1ccc(C)cc1SC)NCc1nncn1CC. The molecule has 2 N–H and O–H groups in total. The van der Waals surface area contributed by atoms with Gasteiger partial charge in [0.2, 0.25) is 0 Å². The van der Waals surface area contributed by atoms with Crippen molar-refractivity contribution in [1.29, 1.82) is 0 Å². The van der Waals surface area contributed by atoms with E-state index < -0.39 is 0 Å². The van der Waals surface area contributed by atoms with Gasteiger partial charge in [0.05, 0.1) is 13.1 Å². The van der Waals surface area contributed by atoms with Crippen molar-refractivity contribution in [1.82, 2.24) is 25.4 Å². The van der Waals surface area contributed by atoms with Crippen LogP contribution in [-0.4, -0.2) is 33.5 Å². The lowest BCUT2D eigenvalue weighted by atomic mass is 10.1. The molecular weight excluding hydrogens is 320 g/mol. The molecule has 0 bridgehead atoms. The first-order valence-electron chi connectivity index (χ1n) is 8.20. The lowest BCUT2D eigenvalue weighted by Gasteiger charge is -2.12. The Morgan fingerprint density at radius 2 is 2.12 bits per heavy atom. The molecule has 0 aliphatic heterocycles. The Balaban J connectivity index is 2.05. The van der Waals surface area contributed by atoms with Crippen LogP contribution in [0.4, 0.5) is 0 Å². The number of aryl methyl sites for hydroxylation is 2. The summed E-state index contributed by atoms with van der Waals surface area (Å²) in [6.45, 7) is 9.17. The average molecular weight is 347 g/mol. The Bertz CT molecular complexity index is 679. The molecule has 0 radical (unpaired) electrons. The van der Waals surface area contributed by atoms with Crippen LogP contribution in [0, 0.1) is 6.92 Å². The monoisotopic (exact) mass is 346 g/mol. The van der Waals surface area contributed by atoms with Crippen LogP contribution in [0.5, 0.6) is 0 Å². The quantitative estimate of drug-likeness (QED) is 0.458. The minimum Gasteiger partial charge on any atom is -0.357 e. The van der Waals surface area contributed by atoms with Gasteiger partial charge >= 0.3 is 0 Å². The number of thioether (sulfide) groups is 1. The molecule has 0 atom stereocenters. The van der Waals surface area contributed by atoms with Crippen molar-refractivity contribution >= 4 is 17.7 Å². The smallest absolute Gasteiger partial charge is 0.191 e.